The Balaban J connectivity index is 1.68. The first kappa shape index (κ1) is 17.0. The Morgan fingerprint density at radius 3 is 3.00 bits per heavy atom. The Morgan fingerprint density at radius 2 is 2.17 bits per heavy atom. The second-order valence-electron chi connectivity index (χ2n) is 6.77. The molecule has 0 amide bonds. The Bertz CT molecular complexity index is 614. The highest BCUT2D eigenvalue weighted by Gasteiger charge is 2.27. The molecule has 3 nitrogen and oxygen atoms in total. The van der Waals surface area contributed by atoms with Crippen molar-refractivity contribution in [2.24, 2.45) is 0 Å². The summed E-state index contributed by atoms with van der Waals surface area (Å²) in [5.74, 6) is 1.01. The normalized spacial score (nSPS) is 20.7. The van der Waals surface area contributed by atoms with Crippen molar-refractivity contribution in [2.45, 2.75) is 51.6 Å². The van der Waals surface area contributed by atoms with E-state index in [0.717, 1.165) is 25.3 Å². The van der Waals surface area contributed by atoms with Gasteiger partial charge >= 0.3 is 0 Å². The number of hydrogen-bond acceptors (Lipinski definition) is 2. The molecule has 1 N–H and O–H groups in total. The zero-order valence-corrected chi connectivity index (χ0v) is 14.7. The summed E-state index contributed by atoms with van der Waals surface area (Å²) in [6.07, 6.45) is 10.1. The van der Waals surface area contributed by atoms with E-state index in [1.807, 2.05) is 12.4 Å². The Hall–Kier alpha value is -1.87. The van der Waals surface area contributed by atoms with Crippen LogP contribution in [0.25, 0.3) is 0 Å². The molecular weight excluding hydrogens is 296 g/mol. The summed E-state index contributed by atoms with van der Waals surface area (Å²) >= 11 is 0. The zero-order valence-electron chi connectivity index (χ0n) is 14.7. The predicted molar refractivity (Wildman–Crippen MR) is 97.2 cm³/mol. The van der Waals surface area contributed by atoms with Gasteiger partial charge in [-0.05, 0) is 37.5 Å². The van der Waals surface area contributed by atoms with Crippen molar-refractivity contribution in [3.05, 3.63) is 59.9 Å². The number of ether oxygens (including phenoxy) is 1. The molecule has 1 fully saturated rings. The van der Waals surface area contributed by atoms with E-state index in [1.165, 1.54) is 43.4 Å². The highest BCUT2D eigenvalue weighted by molar-refractivity contribution is 5.28. The third kappa shape index (κ3) is 4.57. The van der Waals surface area contributed by atoms with Crippen LogP contribution in [0, 0.1) is 0 Å². The molecule has 24 heavy (non-hydrogen) atoms. The predicted octanol–water partition coefficient (Wildman–Crippen LogP) is 3.57. The van der Waals surface area contributed by atoms with Crippen molar-refractivity contribution in [3.63, 3.8) is 0 Å². The van der Waals surface area contributed by atoms with Gasteiger partial charge in [-0.25, -0.2) is 0 Å². The van der Waals surface area contributed by atoms with E-state index < -0.39 is 0 Å². The van der Waals surface area contributed by atoms with E-state index in [9.17, 15) is 0 Å². The van der Waals surface area contributed by atoms with Gasteiger partial charge < -0.3 is 9.64 Å². The lowest BCUT2D eigenvalue weighted by Crippen LogP contribution is -3.11. The average Bonchev–Trinajstić information content (AvgIpc) is 2.64. The number of benzene rings is 1. The molecule has 1 aliphatic heterocycles. The number of quaternary nitrogens is 1. The zero-order chi connectivity index (χ0) is 16.6. The Labute approximate surface area is 145 Å². The number of aromatic nitrogens is 1. The van der Waals surface area contributed by atoms with Crippen molar-refractivity contribution in [1.29, 1.82) is 0 Å². The molecule has 0 aliphatic carbocycles. The maximum atomic E-state index is 5.87. The van der Waals surface area contributed by atoms with Crippen LogP contribution in [0.3, 0.4) is 0 Å². The van der Waals surface area contributed by atoms with E-state index >= 15 is 0 Å². The molecule has 1 aromatic carbocycles. The molecular formula is C21H29N2O+. The molecule has 0 radical (unpaired) electrons. The van der Waals surface area contributed by atoms with Crippen LogP contribution in [0.2, 0.25) is 0 Å². The molecule has 1 unspecified atom stereocenters. The van der Waals surface area contributed by atoms with Crippen LogP contribution in [0.5, 0.6) is 5.75 Å². The number of nitrogens with zero attached hydrogens (tertiary/aromatic N) is 1. The number of nitrogens with one attached hydrogen (secondary N) is 1. The number of rotatable bonds is 7. The smallest absolute Gasteiger partial charge is 0.119 e. The van der Waals surface area contributed by atoms with Gasteiger partial charge in [0.15, 0.2) is 0 Å². The van der Waals surface area contributed by atoms with Crippen LogP contribution in [0.1, 0.15) is 56.2 Å². The summed E-state index contributed by atoms with van der Waals surface area (Å²) in [6.45, 7) is 5.30. The van der Waals surface area contributed by atoms with Crippen molar-refractivity contribution in [2.75, 3.05) is 13.2 Å². The van der Waals surface area contributed by atoms with Crippen LogP contribution >= 0.6 is 0 Å². The van der Waals surface area contributed by atoms with Gasteiger partial charge in [-0.3, -0.25) is 4.98 Å². The second-order valence-corrected chi connectivity index (χ2v) is 6.77. The fourth-order valence-electron chi connectivity index (χ4n) is 3.62. The highest BCUT2D eigenvalue weighted by Crippen LogP contribution is 2.20. The van der Waals surface area contributed by atoms with Gasteiger partial charge in [0.2, 0.25) is 0 Å². The first-order valence-corrected chi connectivity index (χ1v) is 9.33. The molecule has 128 valence electrons. The maximum absolute atomic E-state index is 5.87. The highest BCUT2D eigenvalue weighted by atomic mass is 16.5. The van der Waals surface area contributed by atoms with E-state index in [-0.39, 0.29) is 0 Å². The molecule has 0 saturated carbocycles. The van der Waals surface area contributed by atoms with E-state index in [4.69, 9.17) is 4.74 Å². The van der Waals surface area contributed by atoms with E-state index in [1.54, 1.807) is 4.90 Å². The lowest BCUT2D eigenvalue weighted by atomic mass is 9.96. The molecule has 2 heterocycles. The topological polar surface area (TPSA) is 26.6 Å². The molecule has 2 aromatic rings. The molecule has 3 heteroatoms. The monoisotopic (exact) mass is 325 g/mol. The summed E-state index contributed by atoms with van der Waals surface area (Å²) in [6, 6.07) is 13.5. The summed E-state index contributed by atoms with van der Waals surface area (Å²) in [7, 11) is 0. The first-order valence-electron chi connectivity index (χ1n) is 9.33. The quantitative estimate of drug-likeness (QED) is 0.788. The molecule has 1 aliphatic rings. The maximum Gasteiger partial charge on any atom is 0.119 e. The molecule has 0 bridgehead atoms. The summed E-state index contributed by atoms with van der Waals surface area (Å²) in [5, 5.41) is 0. The largest absolute Gasteiger partial charge is 0.494 e. The minimum atomic E-state index is 0.567. The SMILES string of the molecule is CCCCOc1cccc(C[NH+]2CCCC[C@@H]2c2cccnc2)c1. The van der Waals surface area contributed by atoms with Gasteiger partial charge in [-0.15, -0.1) is 0 Å². The van der Waals surface area contributed by atoms with Gasteiger partial charge in [-0.1, -0.05) is 31.5 Å². The number of piperidine rings is 1. The fraction of sp³-hybridized carbons (Fsp3) is 0.476. The van der Waals surface area contributed by atoms with Crippen LogP contribution in [0.15, 0.2) is 48.8 Å². The van der Waals surface area contributed by atoms with Crippen molar-refractivity contribution in [3.8, 4) is 5.75 Å². The Morgan fingerprint density at radius 1 is 1.21 bits per heavy atom. The second kappa shape index (κ2) is 8.84. The number of unbranched alkanes of at least 4 members (excludes halogenated alkanes) is 1. The van der Waals surface area contributed by atoms with Crippen LogP contribution in [0.4, 0.5) is 0 Å². The third-order valence-corrected chi connectivity index (χ3v) is 4.92. The summed E-state index contributed by atoms with van der Waals surface area (Å²) < 4.78 is 5.87. The van der Waals surface area contributed by atoms with Gasteiger partial charge in [0.1, 0.15) is 18.3 Å². The molecule has 3 rings (SSSR count). The fourth-order valence-corrected chi connectivity index (χ4v) is 3.62. The number of likely N-dealkylation sites (tertiary alicyclic amines) is 1. The average molecular weight is 325 g/mol. The van der Waals surface area contributed by atoms with Gasteiger partial charge in [-0.2, -0.15) is 0 Å². The third-order valence-electron chi connectivity index (χ3n) is 4.92. The van der Waals surface area contributed by atoms with Gasteiger partial charge in [0.05, 0.1) is 13.2 Å². The first-order chi connectivity index (χ1) is 11.9. The van der Waals surface area contributed by atoms with E-state index in [0.29, 0.717) is 6.04 Å². The molecule has 1 aromatic heterocycles. The van der Waals surface area contributed by atoms with Crippen molar-refractivity contribution < 1.29 is 9.64 Å². The number of hydrogen-bond donors (Lipinski definition) is 1. The molecule has 0 spiro atoms. The van der Waals surface area contributed by atoms with Gasteiger partial charge in [0, 0.05) is 29.9 Å². The summed E-state index contributed by atoms with van der Waals surface area (Å²) in [4.78, 5) is 5.98. The summed E-state index contributed by atoms with van der Waals surface area (Å²) in [5.41, 5.74) is 2.75. The van der Waals surface area contributed by atoms with Crippen molar-refractivity contribution in [1.82, 2.24) is 4.98 Å². The minimum Gasteiger partial charge on any atom is -0.494 e. The van der Waals surface area contributed by atoms with Crippen LogP contribution in [-0.4, -0.2) is 18.1 Å². The van der Waals surface area contributed by atoms with Crippen LogP contribution < -0.4 is 9.64 Å². The Kier molecular flexibility index (Phi) is 6.25. The lowest BCUT2D eigenvalue weighted by Gasteiger charge is -2.32. The molecule has 1 saturated heterocycles. The van der Waals surface area contributed by atoms with E-state index in [2.05, 4.69) is 48.3 Å². The minimum absolute atomic E-state index is 0.567. The van der Waals surface area contributed by atoms with Crippen LogP contribution in [-0.2, 0) is 6.54 Å². The van der Waals surface area contributed by atoms with Crippen molar-refractivity contribution >= 4 is 0 Å². The molecule has 2 atom stereocenters. The lowest BCUT2D eigenvalue weighted by molar-refractivity contribution is -0.950. The number of pyridine rings is 1. The standard InChI is InChI=1S/C21H28N2O/c1-2-3-14-24-20-10-6-8-18(15-20)17-23-13-5-4-11-21(23)19-9-7-12-22-16-19/h6-10,12,15-16,21H,2-5,11,13-14,17H2,1H3/p+1/t21-/m1/s1. The van der Waals surface area contributed by atoms with Gasteiger partial charge in [0.25, 0.3) is 0 Å².